The fraction of sp³-hybridized carbons (Fsp3) is 0.562. The number of hydrogen-bond acceptors (Lipinski definition) is 3. The Morgan fingerprint density at radius 2 is 2.10 bits per heavy atom. The van der Waals surface area contributed by atoms with E-state index in [0.29, 0.717) is 0 Å². The van der Waals surface area contributed by atoms with Gasteiger partial charge in [-0.05, 0) is 37.1 Å². The second kappa shape index (κ2) is 5.71. The third-order valence-corrected chi connectivity index (χ3v) is 4.75. The highest BCUT2D eigenvalue weighted by Crippen LogP contribution is 2.30. The highest BCUT2D eigenvalue weighted by atomic mass is 79.9. The van der Waals surface area contributed by atoms with Crippen LogP contribution < -0.4 is 5.32 Å². The lowest BCUT2D eigenvalue weighted by Gasteiger charge is -2.38. The Morgan fingerprint density at radius 1 is 1.38 bits per heavy atom. The molecule has 1 aromatic rings. The number of benzene rings is 1. The first-order valence-electron chi connectivity index (χ1n) is 7.44. The van der Waals surface area contributed by atoms with Gasteiger partial charge in [0.15, 0.2) is 0 Å². The summed E-state index contributed by atoms with van der Waals surface area (Å²) in [5.41, 5.74) is 2.18. The molecule has 0 aliphatic carbocycles. The summed E-state index contributed by atoms with van der Waals surface area (Å²) in [7, 11) is 0. The van der Waals surface area contributed by atoms with Gasteiger partial charge < -0.3 is 10.1 Å². The van der Waals surface area contributed by atoms with E-state index in [1.165, 1.54) is 11.1 Å². The van der Waals surface area contributed by atoms with Crippen LogP contribution in [0.4, 0.5) is 0 Å². The lowest BCUT2D eigenvalue weighted by Crippen LogP contribution is -2.51. The molecule has 2 heterocycles. The smallest absolute Gasteiger partial charge is 0.251 e. The summed E-state index contributed by atoms with van der Waals surface area (Å²) in [4.78, 5) is 14.1. The van der Waals surface area contributed by atoms with Crippen molar-refractivity contribution in [3.8, 4) is 0 Å². The Morgan fingerprint density at radius 3 is 2.67 bits per heavy atom. The van der Waals surface area contributed by atoms with Gasteiger partial charge in [0, 0.05) is 36.9 Å². The van der Waals surface area contributed by atoms with Gasteiger partial charge >= 0.3 is 0 Å². The average molecular weight is 353 g/mol. The standard InChI is InChI=1S/C16H21BrN2O2/c1-11-7-13(9-14(17)8-11)10-19-5-3-16(4-6-19)18-15(20)12(2)21-16/h7-9,12H,3-6,10H2,1-2H3,(H,18,20). The Hall–Kier alpha value is -0.910. The number of piperidine rings is 1. The number of aryl methyl sites for hydroxylation is 1. The number of carbonyl (C=O) groups excluding carboxylic acids is 1. The number of halogens is 1. The van der Waals surface area contributed by atoms with Crippen molar-refractivity contribution in [3.63, 3.8) is 0 Å². The van der Waals surface area contributed by atoms with Crippen LogP contribution in [0.5, 0.6) is 0 Å². The predicted molar refractivity (Wildman–Crippen MR) is 84.8 cm³/mol. The van der Waals surface area contributed by atoms with Crippen LogP contribution in [-0.4, -0.2) is 35.7 Å². The molecule has 1 spiro atoms. The quantitative estimate of drug-likeness (QED) is 0.889. The molecule has 0 saturated carbocycles. The minimum Gasteiger partial charge on any atom is -0.343 e. The zero-order chi connectivity index (χ0) is 15.0. The molecule has 0 aromatic heterocycles. The fourth-order valence-corrected chi connectivity index (χ4v) is 3.88. The van der Waals surface area contributed by atoms with Crippen molar-refractivity contribution in [1.29, 1.82) is 0 Å². The summed E-state index contributed by atoms with van der Waals surface area (Å²) >= 11 is 3.55. The van der Waals surface area contributed by atoms with Gasteiger partial charge in [-0.2, -0.15) is 0 Å². The molecule has 3 rings (SSSR count). The Labute approximate surface area is 134 Å². The van der Waals surface area contributed by atoms with Crippen LogP contribution in [0.1, 0.15) is 30.9 Å². The van der Waals surface area contributed by atoms with Crippen molar-refractivity contribution in [2.45, 2.75) is 45.1 Å². The summed E-state index contributed by atoms with van der Waals surface area (Å²) in [5.74, 6) is 0.0195. The van der Waals surface area contributed by atoms with Crippen LogP contribution in [0, 0.1) is 6.92 Å². The van der Waals surface area contributed by atoms with E-state index in [1.54, 1.807) is 0 Å². The minimum absolute atomic E-state index is 0.0195. The van der Waals surface area contributed by atoms with Crippen LogP contribution in [-0.2, 0) is 16.1 Å². The van der Waals surface area contributed by atoms with Crippen molar-refractivity contribution < 1.29 is 9.53 Å². The molecular formula is C16H21BrN2O2. The third kappa shape index (κ3) is 3.30. The van der Waals surface area contributed by atoms with E-state index < -0.39 is 5.72 Å². The molecule has 21 heavy (non-hydrogen) atoms. The van der Waals surface area contributed by atoms with E-state index in [0.717, 1.165) is 36.9 Å². The second-order valence-electron chi connectivity index (χ2n) is 6.16. The molecule has 2 aliphatic heterocycles. The van der Waals surface area contributed by atoms with Crippen molar-refractivity contribution in [1.82, 2.24) is 10.2 Å². The summed E-state index contributed by atoms with van der Waals surface area (Å²) < 4.78 is 6.97. The molecule has 1 N–H and O–H groups in total. The van der Waals surface area contributed by atoms with Gasteiger partial charge in [0.25, 0.3) is 5.91 Å². The van der Waals surface area contributed by atoms with E-state index in [-0.39, 0.29) is 12.0 Å². The molecule has 1 amide bonds. The molecule has 2 saturated heterocycles. The maximum absolute atomic E-state index is 11.6. The summed E-state index contributed by atoms with van der Waals surface area (Å²) in [5, 5.41) is 3.03. The summed E-state index contributed by atoms with van der Waals surface area (Å²) in [6.07, 6.45) is 1.40. The zero-order valence-electron chi connectivity index (χ0n) is 12.5. The summed E-state index contributed by atoms with van der Waals surface area (Å²) in [6.45, 7) is 6.76. The first kappa shape index (κ1) is 15.0. The minimum atomic E-state index is -0.416. The first-order valence-corrected chi connectivity index (χ1v) is 8.23. The van der Waals surface area contributed by atoms with Gasteiger partial charge in [-0.3, -0.25) is 9.69 Å². The van der Waals surface area contributed by atoms with Crippen LogP contribution in [0.25, 0.3) is 0 Å². The number of rotatable bonds is 2. The van der Waals surface area contributed by atoms with Gasteiger partial charge in [-0.25, -0.2) is 0 Å². The Kier molecular flexibility index (Phi) is 4.08. The van der Waals surface area contributed by atoms with Gasteiger partial charge in [0.05, 0.1) is 0 Å². The monoisotopic (exact) mass is 352 g/mol. The van der Waals surface area contributed by atoms with Gasteiger partial charge in [-0.1, -0.05) is 22.0 Å². The van der Waals surface area contributed by atoms with E-state index in [4.69, 9.17) is 4.74 Å². The van der Waals surface area contributed by atoms with E-state index in [9.17, 15) is 4.79 Å². The number of amides is 1. The van der Waals surface area contributed by atoms with Crippen LogP contribution in [0.3, 0.4) is 0 Å². The molecule has 114 valence electrons. The summed E-state index contributed by atoms with van der Waals surface area (Å²) in [6, 6.07) is 6.52. The highest BCUT2D eigenvalue weighted by molar-refractivity contribution is 9.10. The number of nitrogens with one attached hydrogen (secondary N) is 1. The topological polar surface area (TPSA) is 41.6 Å². The normalized spacial score (nSPS) is 25.3. The Bertz CT molecular complexity index is 533. The molecule has 0 radical (unpaired) electrons. The molecule has 2 fully saturated rings. The van der Waals surface area contributed by atoms with Crippen LogP contribution >= 0.6 is 15.9 Å². The fourth-order valence-electron chi connectivity index (χ4n) is 3.22. The van der Waals surface area contributed by atoms with Crippen molar-refractivity contribution in [2.24, 2.45) is 0 Å². The number of ether oxygens (including phenoxy) is 1. The number of likely N-dealkylation sites (tertiary alicyclic amines) is 1. The molecule has 5 heteroatoms. The van der Waals surface area contributed by atoms with Gasteiger partial charge in [0.2, 0.25) is 0 Å². The van der Waals surface area contributed by atoms with Crippen molar-refractivity contribution in [3.05, 3.63) is 33.8 Å². The molecule has 1 unspecified atom stereocenters. The molecular weight excluding hydrogens is 332 g/mol. The first-order chi connectivity index (χ1) is 9.96. The molecule has 1 atom stereocenters. The third-order valence-electron chi connectivity index (χ3n) is 4.29. The maximum atomic E-state index is 11.6. The van der Waals surface area contributed by atoms with Crippen LogP contribution in [0.15, 0.2) is 22.7 Å². The number of hydrogen-bond donors (Lipinski definition) is 1. The average Bonchev–Trinajstić information content (AvgIpc) is 2.67. The molecule has 0 bridgehead atoms. The second-order valence-corrected chi connectivity index (χ2v) is 7.07. The number of carbonyl (C=O) groups is 1. The van der Waals surface area contributed by atoms with Gasteiger partial charge in [-0.15, -0.1) is 0 Å². The van der Waals surface area contributed by atoms with E-state index >= 15 is 0 Å². The van der Waals surface area contributed by atoms with Crippen molar-refractivity contribution in [2.75, 3.05) is 13.1 Å². The Balaban J connectivity index is 1.60. The maximum Gasteiger partial charge on any atom is 0.251 e. The van der Waals surface area contributed by atoms with Crippen molar-refractivity contribution >= 4 is 21.8 Å². The molecule has 1 aromatic carbocycles. The number of nitrogens with zero attached hydrogens (tertiary/aromatic N) is 1. The highest BCUT2D eigenvalue weighted by Gasteiger charge is 2.45. The van der Waals surface area contributed by atoms with Gasteiger partial charge in [0.1, 0.15) is 11.8 Å². The molecule has 4 nitrogen and oxygen atoms in total. The van der Waals surface area contributed by atoms with E-state index in [2.05, 4.69) is 51.3 Å². The van der Waals surface area contributed by atoms with Crippen LogP contribution in [0.2, 0.25) is 0 Å². The largest absolute Gasteiger partial charge is 0.343 e. The lowest BCUT2D eigenvalue weighted by molar-refractivity contribution is -0.123. The van der Waals surface area contributed by atoms with E-state index in [1.807, 2.05) is 6.92 Å². The zero-order valence-corrected chi connectivity index (χ0v) is 14.1. The molecule has 2 aliphatic rings. The SMILES string of the molecule is Cc1cc(Br)cc(CN2CCC3(CC2)NC(=O)C(C)O3)c1. The predicted octanol–water partition coefficient (Wildman–Crippen LogP) is 2.58. The lowest BCUT2D eigenvalue weighted by atomic mass is 10.00.